The molecule has 1 aliphatic heterocycles. The molecule has 1 atom stereocenters. The van der Waals surface area contributed by atoms with Crippen molar-refractivity contribution in [2.75, 3.05) is 23.7 Å². The van der Waals surface area contributed by atoms with Gasteiger partial charge in [-0.2, -0.15) is 5.10 Å². The van der Waals surface area contributed by atoms with Crippen molar-refractivity contribution in [3.05, 3.63) is 96.6 Å². The number of benzene rings is 2. The molecule has 6 rings (SSSR count). The van der Waals surface area contributed by atoms with Crippen LogP contribution in [-0.2, 0) is 6.54 Å². The molecule has 5 aromatic rings. The largest absolute Gasteiger partial charge is 0.478 e. The van der Waals surface area contributed by atoms with E-state index in [1.165, 1.54) is 12.4 Å². The van der Waals surface area contributed by atoms with Crippen LogP contribution >= 0.6 is 0 Å². The summed E-state index contributed by atoms with van der Waals surface area (Å²) < 4.78 is 1.61. The van der Waals surface area contributed by atoms with Gasteiger partial charge in [-0.1, -0.05) is 60.7 Å². The van der Waals surface area contributed by atoms with E-state index in [2.05, 4.69) is 32.1 Å². The molecule has 6 N–H and O–H groups in total. The van der Waals surface area contributed by atoms with Crippen LogP contribution in [0.15, 0.2) is 85.5 Å². The van der Waals surface area contributed by atoms with E-state index in [0.29, 0.717) is 6.54 Å². The average Bonchev–Trinajstić information content (AvgIpc) is 3.56. The summed E-state index contributed by atoms with van der Waals surface area (Å²) in [5, 5.41) is 13.7. The number of aromatic carboxylic acids is 1. The number of rotatable bonds is 5. The number of nitrogen functional groups attached to an aromatic ring is 1. The fraction of sp³-hybridized carbons (Fsp3) is 0.207. The minimum absolute atomic E-state index is 0.204. The van der Waals surface area contributed by atoms with E-state index in [4.69, 9.17) is 16.6 Å². The SMILES string of the molecule is Nc1c[nH]c2ncc(-c3ccccc3)c(N3CCC[C@@H](N)C3)c12.O=C(O)c1cnn(Cc2ccccc2)c1. The third-order valence-electron chi connectivity index (χ3n) is 6.63. The number of carbonyl (C=O) groups is 1. The molecule has 0 unspecified atom stereocenters. The molecule has 0 spiro atoms. The van der Waals surface area contributed by atoms with Crippen LogP contribution in [-0.4, -0.2) is 50.0 Å². The van der Waals surface area contributed by atoms with Gasteiger partial charge in [-0.3, -0.25) is 4.68 Å². The van der Waals surface area contributed by atoms with Gasteiger partial charge in [0.25, 0.3) is 0 Å². The molecular formula is C29H31N7O2. The topological polar surface area (TPSA) is 139 Å². The first-order chi connectivity index (χ1) is 18.5. The van der Waals surface area contributed by atoms with Gasteiger partial charge in [0.15, 0.2) is 0 Å². The molecule has 0 amide bonds. The smallest absolute Gasteiger partial charge is 0.338 e. The van der Waals surface area contributed by atoms with E-state index in [-0.39, 0.29) is 11.6 Å². The zero-order chi connectivity index (χ0) is 26.5. The van der Waals surface area contributed by atoms with Gasteiger partial charge >= 0.3 is 5.97 Å². The minimum Gasteiger partial charge on any atom is -0.478 e. The van der Waals surface area contributed by atoms with Crippen molar-refractivity contribution in [1.29, 1.82) is 0 Å². The molecule has 38 heavy (non-hydrogen) atoms. The molecule has 0 bridgehead atoms. The summed E-state index contributed by atoms with van der Waals surface area (Å²) in [4.78, 5) is 20.7. The third-order valence-corrected chi connectivity index (χ3v) is 6.63. The van der Waals surface area contributed by atoms with Crippen LogP contribution in [0.1, 0.15) is 28.8 Å². The molecule has 0 radical (unpaired) electrons. The second-order valence-corrected chi connectivity index (χ2v) is 9.42. The van der Waals surface area contributed by atoms with E-state index in [1.807, 2.05) is 60.9 Å². The van der Waals surface area contributed by atoms with Crippen LogP contribution in [0, 0.1) is 0 Å². The summed E-state index contributed by atoms with van der Waals surface area (Å²) in [5.41, 5.74) is 18.7. The third kappa shape index (κ3) is 5.52. The first-order valence-electron chi connectivity index (χ1n) is 12.6. The molecule has 1 fully saturated rings. The van der Waals surface area contributed by atoms with Crippen molar-refractivity contribution >= 4 is 28.4 Å². The molecule has 4 heterocycles. The van der Waals surface area contributed by atoms with Gasteiger partial charge in [-0.25, -0.2) is 9.78 Å². The highest BCUT2D eigenvalue weighted by molar-refractivity contribution is 6.05. The van der Waals surface area contributed by atoms with Crippen molar-refractivity contribution in [3.8, 4) is 11.1 Å². The highest BCUT2D eigenvalue weighted by Gasteiger charge is 2.24. The number of aromatic nitrogens is 4. The van der Waals surface area contributed by atoms with E-state index < -0.39 is 5.97 Å². The van der Waals surface area contributed by atoms with E-state index in [1.54, 1.807) is 4.68 Å². The van der Waals surface area contributed by atoms with Crippen molar-refractivity contribution in [2.24, 2.45) is 5.73 Å². The highest BCUT2D eigenvalue weighted by Crippen LogP contribution is 2.39. The summed E-state index contributed by atoms with van der Waals surface area (Å²) in [5.74, 6) is -0.950. The number of aromatic amines is 1. The molecule has 9 nitrogen and oxygen atoms in total. The standard InChI is InChI=1S/C18H21N5.C11H10N2O2/c19-13-7-4-8-23(11-13)17-14(12-5-2-1-3-6-12)9-21-18-16(17)15(20)10-22-18;14-11(15)10-6-12-13(8-10)7-9-4-2-1-3-5-9/h1-3,5-6,9-10,13H,4,7-8,11,19-20H2,(H,21,22);1-6,8H,7H2,(H,14,15)/t13-;/m1./s1. The summed E-state index contributed by atoms with van der Waals surface area (Å²) in [6.07, 6.45) is 8.81. The van der Waals surface area contributed by atoms with Crippen LogP contribution in [0.4, 0.5) is 11.4 Å². The van der Waals surface area contributed by atoms with Crippen LogP contribution in [0.2, 0.25) is 0 Å². The molecule has 194 valence electrons. The van der Waals surface area contributed by atoms with Gasteiger partial charge in [0.05, 0.1) is 35.1 Å². The van der Waals surface area contributed by atoms with Gasteiger partial charge in [-0.05, 0) is 24.0 Å². The monoisotopic (exact) mass is 509 g/mol. The lowest BCUT2D eigenvalue weighted by atomic mass is 9.99. The number of anilines is 2. The van der Waals surface area contributed by atoms with Crippen molar-refractivity contribution in [3.63, 3.8) is 0 Å². The number of piperidine rings is 1. The van der Waals surface area contributed by atoms with E-state index in [0.717, 1.165) is 65.0 Å². The number of fused-ring (bicyclic) bond motifs is 1. The minimum atomic E-state index is -0.950. The van der Waals surface area contributed by atoms with Gasteiger partial charge in [-0.15, -0.1) is 0 Å². The average molecular weight is 510 g/mol. The van der Waals surface area contributed by atoms with Gasteiger partial charge in [0.2, 0.25) is 0 Å². The number of nitrogens with zero attached hydrogens (tertiary/aromatic N) is 4. The number of nitrogens with two attached hydrogens (primary N) is 2. The summed E-state index contributed by atoms with van der Waals surface area (Å²) in [6, 6.07) is 20.3. The van der Waals surface area contributed by atoms with Crippen molar-refractivity contribution < 1.29 is 9.90 Å². The molecule has 0 saturated carbocycles. The quantitative estimate of drug-likeness (QED) is 0.276. The van der Waals surface area contributed by atoms with E-state index in [9.17, 15) is 4.79 Å². The maximum absolute atomic E-state index is 10.6. The normalized spacial score (nSPS) is 15.2. The Morgan fingerprint density at radius 3 is 2.50 bits per heavy atom. The summed E-state index contributed by atoms with van der Waals surface area (Å²) in [7, 11) is 0. The van der Waals surface area contributed by atoms with Crippen LogP contribution in [0.5, 0.6) is 0 Å². The Labute approximate surface area is 220 Å². The molecule has 1 saturated heterocycles. The molecule has 0 aliphatic carbocycles. The zero-order valence-electron chi connectivity index (χ0n) is 21.0. The van der Waals surface area contributed by atoms with Crippen molar-refractivity contribution in [2.45, 2.75) is 25.4 Å². The summed E-state index contributed by atoms with van der Waals surface area (Å²) >= 11 is 0. The van der Waals surface area contributed by atoms with Crippen LogP contribution in [0.25, 0.3) is 22.2 Å². The first-order valence-corrected chi connectivity index (χ1v) is 12.6. The number of pyridine rings is 1. The van der Waals surface area contributed by atoms with E-state index >= 15 is 0 Å². The Morgan fingerprint density at radius 2 is 1.82 bits per heavy atom. The fourth-order valence-electron chi connectivity index (χ4n) is 4.80. The fourth-order valence-corrected chi connectivity index (χ4v) is 4.80. The Morgan fingerprint density at radius 1 is 1.08 bits per heavy atom. The molecule has 9 heteroatoms. The maximum Gasteiger partial charge on any atom is 0.338 e. The number of hydrogen-bond acceptors (Lipinski definition) is 6. The predicted octanol–water partition coefficient (Wildman–Crippen LogP) is 4.37. The first kappa shape index (κ1) is 25.0. The van der Waals surface area contributed by atoms with Crippen LogP contribution < -0.4 is 16.4 Å². The molecular weight excluding hydrogens is 478 g/mol. The maximum atomic E-state index is 10.6. The van der Waals surface area contributed by atoms with Gasteiger partial charge in [0, 0.05) is 43.3 Å². The Bertz CT molecular complexity index is 1510. The number of carboxylic acids is 1. The van der Waals surface area contributed by atoms with Crippen molar-refractivity contribution in [1.82, 2.24) is 19.7 Å². The lowest BCUT2D eigenvalue weighted by Crippen LogP contribution is -2.43. The van der Waals surface area contributed by atoms with Gasteiger partial charge in [0.1, 0.15) is 5.65 Å². The lowest BCUT2D eigenvalue weighted by Gasteiger charge is -2.34. The molecule has 2 aromatic carbocycles. The second kappa shape index (κ2) is 11.2. The van der Waals surface area contributed by atoms with Crippen LogP contribution in [0.3, 0.4) is 0 Å². The number of nitrogens with one attached hydrogen (secondary N) is 1. The number of carboxylic acid groups (broad SMARTS) is 1. The Hall–Kier alpha value is -4.63. The highest BCUT2D eigenvalue weighted by atomic mass is 16.4. The molecule has 3 aromatic heterocycles. The Balaban J connectivity index is 0.000000170. The zero-order valence-corrected chi connectivity index (χ0v) is 21.0. The number of H-pyrrole nitrogens is 1. The van der Waals surface area contributed by atoms with Gasteiger partial charge < -0.3 is 26.5 Å². The second-order valence-electron chi connectivity index (χ2n) is 9.42. The molecule has 1 aliphatic rings. The number of hydrogen-bond donors (Lipinski definition) is 4. The predicted molar refractivity (Wildman–Crippen MR) is 150 cm³/mol. The Kier molecular flexibility index (Phi) is 7.37. The summed E-state index contributed by atoms with van der Waals surface area (Å²) in [6.45, 7) is 2.44. The lowest BCUT2D eigenvalue weighted by molar-refractivity contribution is 0.0696.